The second-order valence-corrected chi connectivity index (χ2v) is 9.05. The summed E-state index contributed by atoms with van der Waals surface area (Å²) in [5.41, 5.74) is 1.25. The van der Waals surface area contributed by atoms with Crippen molar-refractivity contribution in [3.63, 3.8) is 0 Å². The van der Waals surface area contributed by atoms with Crippen LogP contribution in [0.5, 0.6) is 0 Å². The molecule has 2 N–H and O–H groups in total. The number of hydrogen-bond acceptors (Lipinski definition) is 4. The third-order valence-electron chi connectivity index (χ3n) is 5.84. The highest BCUT2D eigenvalue weighted by atomic mass is 16.6. The largest absolute Gasteiger partial charge is 0.449 e. The van der Waals surface area contributed by atoms with Crippen molar-refractivity contribution in [1.82, 2.24) is 0 Å². The third-order valence-corrected chi connectivity index (χ3v) is 5.84. The fourth-order valence-electron chi connectivity index (χ4n) is 3.75. The number of carbonyl (C=O) groups excluding carboxylic acids is 2. The molecule has 1 aromatic rings. The lowest BCUT2D eigenvalue weighted by molar-refractivity contribution is 0.158. The molecule has 1 rings (SSSR count). The number of anilines is 2. The molecule has 0 bridgehead atoms. The van der Waals surface area contributed by atoms with E-state index in [0.29, 0.717) is 24.6 Å². The van der Waals surface area contributed by atoms with Gasteiger partial charge in [0.2, 0.25) is 0 Å². The monoisotopic (exact) mass is 476 g/mol. The molecule has 34 heavy (non-hydrogen) atoms. The number of ether oxygens (including phenoxy) is 2. The van der Waals surface area contributed by atoms with Crippen molar-refractivity contribution in [2.24, 2.45) is 0 Å². The van der Waals surface area contributed by atoms with E-state index in [2.05, 4.69) is 24.5 Å². The zero-order valence-corrected chi connectivity index (χ0v) is 21.7. The second kappa shape index (κ2) is 21.3. The quantitative estimate of drug-likeness (QED) is 0.184. The maximum absolute atomic E-state index is 11.9. The van der Waals surface area contributed by atoms with E-state index in [-0.39, 0.29) is 0 Å². The van der Waals surface area contributed by atoms with Crippen LogP contribution in [0, 0.1) is 0 Å². The minimum Gasteiger partial charge on any atom is -0.449 e. The predicted octanol–water partition coefficient (Wildman–Crippen LogP) is 9.07. The van der Waals surface area contributed by atoms with Gasteiger partial charge in [-0.3, -0.25) is 10.6 Å². The standard InChI is InChI=1S/C28H48N2O4/c1-3-5-7-9-11-13-15-17-23-33-27(31)29-25-19-21-26(22-20-25)30-28(32)34-24-18-16-14-12-10-8-6-4-2/h19-22H,3-18,23-24H2,1-2H3,(H,29,31)(H,30,32). The summed E-state index contributed by atoms with van der Waals surface area (Å²) < 4.78 is 10.5. The average Bonchev–Trinajstić information content (AvgIpc) is 2.83. The van der Waals surface area contributed by atoms with Crippen LogP contribution < -0.4 is 10.6 Å². The SMILES string of the molecule is CCCCCCCCCCOC(=O)Nc1ccc(NC(=O)OCCCCCCCCCC)cc1. The first-order valence-electron chi connectivity index (χ1n) is 13.6. The number of benzene rings is 1. The van der Waals surface area contributed by atoms with Gasteiger partial charge in [0.1, 0.15) is 0 Å². The van der Waals surface area contributed by atoms with E-state index < -0.39 is 12.2 Å². The molecule has 0 atom stereocenters. The Kier molecular flexibility index (Phi) is 18.7. The van der Waals surface area contributed by atoms with Gasteiger partial charge < -0.3 is 9.47 Å². The molecule has 0 saturated heterocycles. The third kappa shape index (κ3) is 17.3. The van der Waals surface area contributed by atoms with Crippen LogP contribution in [0.25, 0.3) is 0 Å². The van der Waals surface area contributed by atoms with Crippen LogP contribution >= 0.6 is 0 Å². The van der Waals surface area contributed by atoms with Crippen LogP contribution in [0.15, 0.2) is 24.3 Å². The fraction of sp³-hybridized carbons (Fsp3) is 0.714. The summed E-state index contributed by atoms with van der Waals surface area (Å²) in [5, 5.41) is 5.42. The van der Waals surface area contributed by atoms with Gasteiger partial charge in [-0.2, -0.15) is 0 Å². The molecule has 194 valence electrons. The van der Waals surface area contributed by atoms with Crippen molar-refractivity contribution >= 4 is 23.6 Å². The van der Waals surface area contributed by atoms with Gasteiger partial charge >= 0.3 is 12.2 Å². The Hall–Kier alpha value is -2.24. The van der Waals surface area contributed by atoms with Crippen LogP contribution in [0.1, 0.15) is 117 Å². The lowest BCUT2D eigenvalue weighted by Crippen LogP contribution is -2.15. The Morgan fingerprint density at radius 2 is 0.824 bits per heavy atom. The van der Waals surface area contributed by atoms with E-state index in [1.807, 2.05) is 0 Å². The molecule has 0 aromatic heterocycles. The average molecular weight is 477 g/mol. The number of amides is 2. The molecule has 0 aliphatic carbocycles. The molecule has 0 heterocycles. The van der Waals surface area contributed by atoms with Crippen molar-refractivity contribution in [3.05, 3.63) is 24.3 Å². The minimum atomic E-state index is -0.451. The van der Waals surface area contributed by atoms with Gasteiger partial charge in [0, 0.05) is 11.4 Å². The zero-order valence-electron chi connectivity index (χ0n) is 21.7. The molecule has 6 nitrogen and oxygen atoms in total. The highest BCUT2D eigenvalue weighted by Gasteiger charge is 2.06. The number of unbranched alkanes of at least 4 members (excludes halogenated alkanes) is 14. The molecule has 6 heteroatoms. The summed E-state index contributed by atoms with van der Waals surface area (Å²) in [7, 11) is 0. The van der Waals surface area contributed by atoms with Gasteiger partial charge in [0.05, 0.1) is 13.2 Å². The number of rotatable bonds is 20. The van der Waals surface area contributed by atoms with Crippen LogP contribution in [0.4, 0.5) is 21.0 Å². The van der Waals surface area contributed by atoms with Crippen LogP contribution in [0.2, 0.25) is 0 Å². The second-order valence-electron chi connectivity index (χ2n) is 9.05. The molecule has 2 amide bonds. The zero-order chi connectivity index (χ0) is 24.7. The van der Waals surface area contributed by atoms with E-state index in [1.54, 1.807) is 24.3 Å². The van der Waals surface area contributed by atoms with Crippen molar-refractivity contribution < 1.29 is 19.1 Å². The van der Waals surface area contributed by atoms with Crippen molar-refractivity contribution in [2.45, 2.75) is 117 Å². The van der Waals surface area contributed by atoms with Crippen molar-refractivity contribution in [3.8, 4) is 0 Å². The molecule has 0 saturated carbocycles. The smallest absolute Gasteiger partial charge is 0.411 e. The summed E-state index contributed by atoms with van der Waals surface area (Å²) in [6.07, 6.45) is 18.4. The molecule has 0 aliphatic rings. The van der Waals surface area contributed by atoms with E-state index in [4.69, 9.17) is 9.47 Å². The number of nitrogens with one attached hydrogen (secondary N) is 2. The molecular formula is C28H48N2O4. The summed E-state index contributed by atoms with van der Waals surface area (Å²) in [4.78, 5) is 23.8. The molecule has 0 unspecified atom stereocenters. The lowest BCUT2D eigenvalue weighted by Gasteiger charge is -2.09. The Labute approximate surface area is 207 Å². The van der Waals surface area contributed by atoms with Crippen LogP contribution in [-0.2, 0) is 9.47 Å². The lowest BCUT2D eigenvalue weighted by atomic mass is 10.1. The fourth-order valence-corrected chi connectivity index (χ4v) is 3.75. The first kappa shape index (κ1) is 29.8. The molecule has 0 radical (unpaired) electrons. The Bertz CT molecular complexity index is 579. The van der Waals surface area contributed by atoms with E-state index in [0.717, 1.165) is 25.7 Å². The minimum absolute atomic E-state index is 0.436. The normalized spacial score (nSPS) is 10.6. The van der Waals surface area contributed by atoms with Crippen molar-refractivity contribution in [2.75, 3.05) is 23.8 Å². The Morgan fingerprint density at radius 1 is 0.529 bits per heavy atom. The first-order chi connectivity index (χ1) is 16.7. The first-order valence-corrected chi connectivity index (χ1v) is 13.6. The van der Waals surface area contributed by atoms with Gasteiger partial charge in [0.25, 0.3) is 0 Å². The van der Waals surface area contributed by atoms with E-state index in [1.165, 1.54) is 77.0 Å². The highest BCUT2D eigenvalue weighted by molar-refractivity contribution is 5.87. The maximum Gasteiger partial charge on any atom is 0.411 e. The molecular weight excluding hydrogens is 428 g/mol. The molecule has 0 fully saturated rings. The Morgan fingerprint density at radius 3 is 1.15 bits per heavy atom. The van der Waals surface area contributed by atoms with Gasteiger partial charge in [-0.05, 0) is 37.1 Å². The molecule has 0 spiro atoms. The molecule has 1 aromatic carbocycles. The van der Waals surface area contributed by atoms with Crippen LogP contribution in [0.3, 0.4) is 0 Å². The maximum atomic E-state index is 11.9. The van der Waals surface area contributed by atoms with Gasteiger partial charge in [-0.1, -0.05) is 104 Å². The van der Waals surface area contributed by atoms with Gasteiger partial charge in [-0.15, -0.1) is 0 Å². The topological polar surface area (TPSA) is 76.7 Å². The van der Waals surface area contributed by atoms with Gasteiger partial charge in [-0.25, -0.2) is 9.59 Å². The van der Waals surface area contributed by atoms with Crippen LogP contribution in [-0.4, -0.2) is 25.4 Å². The Balaban J connectivity index is 2.06. The van der Waals surface area contributed by atoms with E-state index in [9.17, 15) is 9.59 Å². The number of carbonyl (C=O) groups is 2. The summed E-state index contributed by atoms with van der Waals surface area (Å²) in [6.45, 7) is 5.32. The predicted molar refractivity (Wildman–Crippen MR) is 142 cm³/mol. The van der Waals surface area contributed by atoms with Crippen molar-refractivity contribution in [1.29, 1.82) is 0 Å². The number of hydrogen-bond donors (Lipinski definition) is 2. The summed E-state index contributed by atoms with van der Waals surface area (Å²) >= 11 is 0. The highest BCUT2D eigenvalue weighted by Crippen LogP contribution is 2.15. The molecule has 0 aliphatic heterocycles. The summed E-state index contributed by atoms with van der Waals surface area (Å²) in [6, 6.07) is 6.91. The summed E-state index contributed by atoms with van der Waals surface area (Å²) in [5.74, 6) is 0. The van der Waals surface area contributed by atoms with Gasteiger partial charge in [0.15, 0.2) is 0 Å². The van der Waals surface area contributed by atoms with E-state index >= 15 is 0 Å².